The molecule has 90 valence electrons. The number of halogens is 2. The van der Waals surface area contributed by atoms with E-state index in [0.717, 1.165) is 33.3 Å². The number of rotatable bonds is 3. The summed E-state index contributed by atoms with van der Waals surface area (Å²) in [6, 6.07) is 3.87. The fraction of sp³-hybridized carbons (Fsp3) is 0.273. The Bertz CT molecular complexity index is 536. The summed E-state index contributed by atoms with van der Waals surface area (Å²) >= 11 is 6.89. The summed E-state index contributed by atoms with van der Waals surface area (Å²) in [5.41, 5.74) is 7.62. The zero-order valence-corrected chi connectivity index (χ0v) is 12.5. The number of hydrogen-bond donors (Lipinski definition) is 1. The van der Waals surface area contributed by atoms with E-state index in [0.29, 0.717) is 5.69 Å². The Balaban J connectivity index is 2.56. The molecule has 1 aromatic carbocycles. The fourth-order valence-corrected chi connectivity index (χ4v) is 2.86. The molecule has 4 nitrogen and oxygen atoms in total. The van der Waals surface area contributed by atoms with Crippen molar-refractivity contribution in [3.05, 3.63) is 27.4 Å². The molecule has 6 heteroatoms. The second-order valence-corrected chi connectivity index (χ2v) is 5.47. The van der Waals surface area contributed by atoms with Gasteiger partial charge < -0.3 is 10.3 Å². The largest absolute Gasteiger partial charge is 0.397 e. The zero-order chi connectivity index (χ0) is 12.4. The molecule has 0 saturated heterocycles. The van der Waals surface area contributed by atoms with E-state index in [-0.39, 0.29) is 0 Å². The molecule has 0 aliphatic heterocycles. The lowest BCUT2D eigenvalue weighted by Crippen LogP contribution is -2.01. The number of nitrogen functional groups attached to an aromatic ring is 1. The molecule has 0 fully saturated rings. The lowest BCUT2D eigenvalue weighted by atomic mass is 10.1. The Morgan fingerprint density at radius 2 is 2.12 bits per heavy atom. The van der Waals surface area contributed by atoms with Gasteiger partial charge in [-0.2, -0.15) is 0 Å². The van der Waals surface area contributed by atoms with Crippen molar-refractivity contribution in [2.45, 2.75) is 19.9 Å². The molecule has 0 aliphatic rings. The molecule has 1 heterocycles. The highest BCUT2D eigenvalue weighted by molar-refractivity contribution is 9.11. The molecule has 2 rings (SSSR count). The number of anilines is 1. The van der Waals surface area contributed by atoms with Crippen molar-refractivity contribution in [2.75, 3.05) is 5.73 Å². The molecular formula is C11H12Br2N4. The van der Waals surface area contributed by atoms with Crippen LogP contribution in [0.3, 0.4) is 0 Å². The van der Waals surface area contributed by atoms with Crippen LogP contribution in [-0.4, -0.2) is 14.8 Å². The first kappa shape index (κ1) is 12.6. The molecule has 2 N–H and O–H groups in total. The summed E-state index contributed by atoms with van der Waals surface area (Å²) in [6.07, 6.45) is 2.76. The summed E-state index contributed by atoms with van der Waals surface area (Å²) in [6.45, 7) is 3.00. The number of aryl methyl sites for hydroxylation is 1. The Kier molecular flexibility index (Phi) is 3.83. The van der Waals surface area contributed by atoms with Gasteiger partial charge in [-0.05, 0) is 34.5 Å². The van der Waals surface area contributed by atoms with Crippen LogP contribution >= 0.6 is 31.9 Å². The van der Waals surface area contributed by atoms with Gasteiger partial charge in [-0.3, -0.25) is 0 Å². The molecule has 2 aromatic rings. The van der Waals surface area contributed by atoms with E-state index in [2.05, 4.69) is 49.0 Å². The zero-order valence-electron chi connectivity index (χ0n) is 9.32. The highest BCUT2D eigenvalue weighted by atomic mass is 79.9. The van der Waals surface area contributed by atoms with Crippen LogP contribution in [0.15, 0.2) is 27.4 Å². The van der Waals surface area contributed by atoms with Crippen LogP contribution in [0.1, 0.15) is 13.3 Å². The van der Waals surface area contributed by atoms with Crippen molar-refractivity contribution in [3.63, 3.8) is 0 Å². The van der Waals surface area contributed by atoms with Gasteiger partial charge in [-0.15, -0.1) is 10.2 Å². The standard InChI is InChI=1S/C11H12Br2N4/c1-2-3-17-6-15-16-11(17)8-4-7(12)5-9(13)10(8)14/h4-6H,2-3,14H2,1H3. The Hall–Kier alpha value is -0.880. The van der Waals surface area contributed by atoms with E-state index in [1.165, 1.54) is 0 Å². The normalized spacial score (nSPS) is 10.8. The third kappa shape index (κ3) is 2.52. The molecule has 0 spiro atoms. The van der Waals surface area contributed by atoms with Gasteiger partial charge in [-0.25, -0.2) is 0 Å². The molecular weight excluding hydrogens is 348 g/mol. The van der Waals surface area contributed by atoms with Crippen LogP contribution in [-0.2, 0) is 6.54 Å². The Morgan fingerprint density at radius 3 is 2.82 bits per heavy atom. The summed E-state index contributed by atoms with van der Waals surface area (Å²) in [7, 11) is 0. The van der Waals surface area contributed by atoms with Gasteiger partial charge >= 0.3 is 0 Å². The summed E-state index contributed by atoms with van der Waals surface area (Å²) in [5, 5.41) is 8.08. The third-order valence-corrected chi connectivity index (χ3v) is 3.53. The number of hydrogen-bond acceptors (Lipinski definition) is 3. The van der Waals surface area contributed by atoms with Crippen LogP contribution in [0.25, 0.3) is 11.4 Å². The SMILES string of the molecule is CCCn1cnnc1-c1cc(Br)cc(Br)c1N. The van der Waals surface area contributed by atoms with E-state index in [9.17, 15) is 0 Å². The predicted molar refractivity (Wildman–Crippen MR) is 75.6 cm³/mol. The molecule has 0 saturated carbocycles. The first-order chi connectivity index (χ1) is 8.13. The van der Waals surface area contributed by atoms with Crippen molar-refractivity contribution in [2.24, 2.45) is 0 Å². The fourth-order valence-electron chi connectivity index (χ4n) is 1.64. The smallest absolute Gasteiger partial charge is 0.165 e. The quantitative estimate of drug-likeness (QED) is 0.853. The number of nitrogens with two attached hydrogens (primary N) is 1. The molecule has 0 radical (unpaired) electrons. The minimum absolute atomic E-state index is 0.679. The van der Waals surface area contributed by atoms with Crippen LogP contribution in [0.4, 0.5) is 5.69 Å². The molecule has 0 bridgehead atoms. The van der Waals surface area contributed by atoms with E-state index >= 15 is 0 Å². The van der Waals surface area contributed by atoms with Gasteiger partial charge in [-0.1, -0.05) is 22.9 Å². The monoisotopic (exact) mass is 358 g/mol. The first-order valence-electron chi connectivity index (χ1n) is 5.26. The van der Waals surface area contributed by atoms with E-state index < -0.39 is 0 Å². The maximum Gasteiger partial charge on any atom is 0.165 e. The highest BCUT2D eigenvalue weighted by Gasteiger charge is 2.13. The predicted octanol–water partition coefficient (Wildman–Crippen LogP) is 3.46. The summed E-state index contributed by atoms with van der Waals surface area (Å²) in [5.74, 6) is 0.798. The van der Waals surface area contributed by atoms with Gasteiger partial charge in [0.05, 0.1) is 5.69 Å². The van der Waals surface area contributed by atoms with Crippen LogP contribution in [0.5, 0.6) is 0 Å². The van der Waals surface area contributed by atoms with Gasteiger partial charge in [0.25, 0.3) is 0 Å². The van der Waals surface area contributed by atoms with Crippen LogP contribution in [0.2, 0.25) is 0 Å². The second-order valence-electron chi connectivity index (χ2n) is 3.70. The van der Waals surface area contributed by atoms with Crippen LogP contribution in [0, 0.1) is 0 Å². The Labute approximate surface area is 116 Å². The molecule has 0 amide bonds. The minimum Gasteiger partial charge on any atom is -0.397 e. The van der Waals surface area contributed by atoms with Gasteiger partial charge in [0.2, 0.25) is 0 Å². The second kappa shape index (κ2) is 5.18. The van der Waals surface area contributed by atoms with E-state index in [4.69, 9.17) is 5.73 Å². The average molecular weight is 360 g/mol. The van der Waals surface area contributed by atoms with Crippen molar-refractivity contribution >= 4 is 37.5 Å². The maximum absolute atomic E-state index is 6.06. The first-order valence-corrected chi connectivity index (χ1v) is 6.84. The highest BCUT2D eigenvalue weighted by Crippen LogP contribution is 2.34. The minimum atomic E-state index is 0.679. The van der Waals surface area contributed by atoms with Crippen molar-refractivity contribution in [1.29, 1.82) is 0 Å². The summed E-state index contributed by atoms with van der Waals surface area (Å²) in [4.78, 5) is 0. The lowest BCUT2D eigenvalue weighted by Gasteiger charge is -2.09. The lowest BCUT2D eigenvalue weighted by molar-refractivity contribution is 0.683. The van der Waals surface area contributed by atoms with Crippen molar-refractivity contribution in [3.8, 4) is 11.4 Å². The van der Waals surface area contributed by atoms with Gasteiger partial charge in [0.15, 0.2) is 5.82 Å². The molecule has 0 aliphatic carbocycles. The van der Waals surface area contributed by atoms with Gasteiger partial charge in [0, 0.05) is 21.1 Å². The average Bonchev–Trinajstić information content (AvgIpc) is 2.72. The van der Waals surface area contributed by atoms with Crippen LogP contribution < -0.4 is 5.73 Å². The number of benzene rings is 1. The number of aromatic nitrogens is 3. The van der Waals surface area contributed by atoms with Crippen molar-refractivity contribution in [1.82, 2.24) is 14.8 Å². The topological polar surface area (TPSA) is 56.7 Å². The molecule has 1 aromatic heterocycles. The third-order valence-electron chi connectivity index (χ3n) is 2.42. The molecule has 17 heavy (non-hydrogen) atoms. The summed E-state index contributed by atoms with van der Waals surface area (Å²) < 4.78 is 3.82. The Morgan fingerprint density at radius 1 is 1.35 bits per heavy atom. The van der Waals surface area contributed by atoms with E-state index in [1.807, 2.05) is 16.7 Å². The van der Waals surface area contributed by atoms with Gasteiger partial charge in [0.1, 0.15) is 6.33 Å². The van der Waals surface area contributed by atoms with Crippen molar-refractivity contribution < 1.29 is 0 Å². The number of nitrogens with zero attached hydrogens (tertiary/aromatic N) is 3. The maximum atomic E-state index is 6.06. The van der Waals surface area contributed by atoms with E-state index in [1.54, 1.807) is 6.33 Å². The molecule has 0 atom stereocenters. The molecule has 0 unspecified atom stereocenters.